The van der Waals surface area contributed by atoms with Gasteiger partial charge in [-0.25, -0.2) is 4.98 Å². The summed E-state index contributed by atoms with van der Waals surface area (Å²) in [6.45, 7) is 4.92. The van der Waals surface area contributed by atoms with Crippen LogP contribution in [-0.2, 0) is 11.3 Å². The van der Waals surface area contributed by atoms with Crippen molar-refractivity contribution in [2.24, 2.45) is 5.92 Å². The lowest BCUT2D eigenvalue weighted by Gasteiger charge is -2.19. The summed E-state index contributed by atoms with van der Waals surface area (Å²) in [5.41, 5.74) is 2.06. The average molecular weight is 388 g/mol. The normalized spacial score (nSPS) is 15.6. The summed E-state index contributed by atoms with van der Waals surface area (Å²) in [4.78, 5) is 18.8. The predicted molar refractivity (Wildman–Crippen MR) is 105 cm³/mol. The van der Waals surface area contributed by atoms with Gasteiger partial charge in [-0.2, -0.15) is 0 Å². The minimum absolute atomic E-state index is 0.165. The highest BCUT2D eigenvalue weighted by Crippen LogP contribution is 2.35. The lowest BCUT2D eigenvalue weighted by molar-refractivity contribution is -0.127. The number of nitrogens with zero attached hydrogens (tertiary/aromatic N) is 3. The fraction of sp³-hybridized carbons (Fsp3) is 0.500. The Morgan fingerprint density at radius 1 is 1.30 bits per heavy atom. The first kappa shape index (κ1) is 18.2. The number of benzene rings is 1. The van der Waals surface area contributed by atoms with Crippen LogP contribution < -0.4 is 9.47 Å². The molecule has 2 aliphatic rings. The maximum Gasteiger partial charge on any atom is 0.232 e. The van der Waals surface area contributed by atoms with Gasteiger partial charge in [-0.05, 0) is 43.9 Å². The van der Waals surface area contributed by atoms with Gasteiger partial charge in [0.05, 0.1) is 17.6 Å². The Morgan fingerprint density at radius 2 is 2.07 bits per heavy atom. The summed E-state index contributed by atoms with van der Waals surface area (Å²) in [5.74, 6) is 2.85. The van der Waals surface area contributed by atoms with Gasteiger partial charge in [0.15, 0.2) is 16.7 Å². The van der Waals surface area contributed by atoms with Crippen LogP contribution in [0.3, 0.4) is 0 Å². The van der Waals surface area contributed by atoms with Crippen molar-refractivity contribution in [3.63, 3.8) is 0 Å². The van der Waals surface area contributed by atoms with Crippen molar-refractivity contribution in [1.29, 1.82) is 0 Å². The molecule has 0 saturated heterocycles. The van der Waals surface area contributed by atoms with Gasteiger partial charge in [-0.1, -0.05) is 11.8 Å². The first-order chi connectivity index (χ1) is 13.2. The second-order valence-electron chi connectivity index (χ2n) is 7.04. The molecule has 1 aliphatic carbocycles. The van der Waals surface area contributed by atoms with Gasteiger partial charge >= 0.3 is 0 Å². The number of thioether (sulfide) groups is 1. The van der Waals surface area contributed by atoms with Crippen LogP contribution in [0.5, 0.6) is 11.5 Å². The highest BCUT2D eigenvalue weighted by Gasteiger charge is 2.25. The molecule has 0 bridgehead atoms. The van der Waals surface area contributed by atoms with Crippen molar-refractivity contribution in [3.8, 4) is 22.8 Å². The molecule has 0 unspecified atom stereocenters. The molecule has 1 aliphatic heterocycles. The molecule has 0 atom stereocenters. The van der Waals surface area contributed by atoms with E-state index in [1.54, 1.807) is 0 Å². The lowest BCUT2D eigenvalue weighted by Crippen LogP contribution is -2.30. The van der Waals surface area contributed by atoms with Crippen molar-refractivity contribution in [1.82, 2.24) is 14.5 Å². The maximum absolute atomic E-state index is 12.4. The van der Waals surface area contributed by atoms with Gasteiger partial charge in [0, 0.05) is 25.7 Å². The average Bonchev–Trinajstić information content (AvgIpc) is 3.41. The lowest BCUT2D eigenvalue weighted by atomic mass is 10.1. The van der Waals surface area contributed by atoms with Gasteiger partial charge in [-0.15, -0.1) is 0 Å². The van der Waals surface area contributed by atoms with E-state index in [0.29, 0.717) is 24.9 Å². The predicted octanol–water partition coefficient (Wildman–Crippen LogP) is 3.30. The van der Waals surface area contributed by atoms with E-state index in [2.05, 4.69) is 16.5 Å². The summed E-state index contributed by atoms with van der Waals surface area (Å²) < 4.78 is 13.4. The number of fused-ring (bicyclic) bond motifs is 1. The number of hydrogen-bond acceptors (Lipinski definition) is 5. The van der Waals surface area contributed by atoms with E-state index in [1.807, 2.05) is 36.3 Å². The Labute approximate surface area is 163 Å². The third kappa shape index (κ3) is 4.08. The molecule has 6 nitrogen and oxygen atoms in total. The molecule has 0 spiro atoms. The molecule has 1 amide bonds. The number of rotatable bonds is 7. The molecule has 1 fully saturated rings. The van der Waals surface area contributed by atoms with E-state index in [-0.39, 0.29) is 5.91 Å². The zero-order valence-corrected chi connectivity index (χ0v) is 16.6. The quantitative estimate of drug-likeness (QED) is 0.683. The number of imidazole rings is 1. The molecule has 1 aromatic heterocycles. The molecule has 0 radical (unpaired) electrons. The monoisotopic (exact) mass is 387 g/mol. The Balaban J connectivity index is 1.47. The summed E-state index contributed by atoms with van der Waals surface area (Å²) in [5, 5.41) is 0.871. The summed E-state index contributed by atoms with van der Waals surface area (Å²) in [7, 11) is 1.90. The third-order valence-electron chi connectivity index (χ3n) is 4.95. The number of carbonyl (C=O) groups excluding carboxylic acids is 1. The first-order valence-electron chi connectivity index (χ1n) is 9.48. The SMILES string of the molecule is CCn1c(-c2ccc3c(c2)OCCO3)cnc1SCC(=O)N(C)CC1CC1. The molecule has 27 heavy (non-hydrogen) atoms. The van der Waals surface area contributed by atoms with E-state index < -0.39 is 0 Å². The van der Waals surface area contributed by atoms with Crippen molar-refractivity contribution in [2.45, 2.75) is 31.5 Å². The van der Waals surface area contributed by atoms with Crippen molar-refractivity contribution in [3.05, 3.63) is 24.4 Å². The van der Waals surface area contributed by atoms with Gasteiger partial charge in [0.1, 0.15) is 13.2 Å². The van der Waals surface area contributed by atoms with Crippen LogP contribution in [0.4, 0.5) is 0 Å². The molecule has 4 rings (SSSR count). The van der Waals surface area contributed by atoms with Crippen molar-refractivity contribution >= 4 is 17.7 Å². The molecule has 2 aromatic rings. The number of ether oxygens (including phenoxy) is 2. The molecular weight excluding hydrogens is 362 g/mol. The van der Waals surface area contributed by atoms with E-state index in [9.17, 15) is 4.79 Å². The fourth-order valence-electron chi connectivity index (χ4n) is 3.24. The number of carbonyl (C=O) groups is 1. The number of hydrogen-bond donors (Lipinski definition) is 0. The van der Waals surface area contributed by atoms with Crippen molar-refractivity contribution < 1.29 is 14.3 Å². The highest BCUT2D eigenvalue weighted by atomic mass is 32.2. The summed E-state index contributed by atoms with van der Waals surface area (Å²) in [6.07, 6.45) is 4.38. The van der Waals surface area contributed by atoms with Crippen LogP contribution in [0.15, 0.2) is 29.6 Å². The van der Waals surface area contributed by atoms with Crippen LogP contribution in [-0.4, -0.2) is 52.9 Å². The summed E-state index contributed by atoms with van der Waals surface area (Å²) in [6, 6.07) is 5.97. The van der Waals surface area contributed by atoms with Gasteiger partial charge in [0.2, 0.25) is 5.91 Å². The second-order valence-corrected chi connectivity index (χ2v) is 7.98. The molecule has 2 heterocycles. The van der Waals surface area contributed by atoms with Crippen molar-refractivity contribution in [2.75, 3.05) is 32.6 Å². The Morgan fingerprint density at radius 3 is 2.81 bits per heavy atom. The number of amides is 1. The standard InChI is InChI=1S/C20H25N3O3S/c1-3-23-16(15-6-7-17-18(10-15)26-9-8-25-17)11-21-20(23)27-13-19(24)22(2)12-14-4-5-14/h6-7,10-11,14H,3-5,8-9,12-13H2,1-2H3. The van der Waals surface area contributed by atoms with Gasteiger partial charge in [0.25, 0.3) is 0 Å². The molecular formula is C20H25N3O3S. The largest absolute Gasteiger partial charge is 0.486 e. The zero-order chi connectivity index (χ0) is 18.8. The topological polar surface area (TPSA) is 56.6 Å². The Kier molecular flexibility index (Phi) is 5.29. The zero-order valence-electron chi connectivity index (χ0n) is 15.8. The molecule has 1 aromatic carbocycles. The van der Waals surface area contributed by atoms with Gasteiger partial charge < -0.3 is 18.9 Å². The molecule has 1 saturated carbocycles. The molecule has 144 valence electrons. The van der Waals surface area contributed by atoms with E-state index in [4.69, 9.17) is 9.47 Å². The Bertz CT molecular complexity index is 832. The maximum atomic E-state index is 12.4. The summed E-state index contributed by atoms with van der Waals surface area (Å²) >= 11 is 1.50. The van der Waals surface area contributed by atoms with E-state index in [1.165, 1.54) is 24.6 Å². The molecule has 7 heteroatoms. The highest BCUT2D eigenvalue weighted by molar-refractivity contribution is 7.99. The van der Waals surface area contributed by atoms with Crippen LogP contribution in [0, 0.1) is 5.92 Å². The Hall–Kier alpha value is -2.15. The smallest absolute Gasteiger partial charge is 0.232 e. The third-order valence-corrected chi connectivity index (χ3v) is 5.93. The van der Waals surface area contributed by atoms with Crippen LogP contribution in [0.2, 0.25) is 0 Å². The van der Waals surface area contributed by atoms with E-state index >= 15 is 0 Å². The minimum atomic E-state index is 0.165. The number of aromatic nitrogens is 2. The first-order valence-corrected chi connectivity index (χ1v) is 10.5. The van der Waals surface area contributed by atoms with Gasteiger partial charge in [-0.3, -0.25) is 4.79 Å². The van der Waals surface area contributed by atoms with Crippen LogP contribution in [0.1, 0.15) is 19.8 Å². The van der Waals surface area contributed by atoms with Crippen LogP contribution >= 0.6 is 11.8 Å². The van der Waals surface area contributed by atoms with E-state index in [0.717, 1.165) is 41.0 Å². The minimum Gasteiger partial charge on any atom is -0.486 e. The second kappa shape index (κ2) is 7.84. The fourth-order valence-corrected chi connectivity index (χ4v) is 4.22. The molecule has 0 N–H and O–H groups in total. The van der Waals surface area contributed by atoms with Crippen LogP contribution in [0.25, 0.3) is 11.3 Å².